The van der Waals surface area contributed by atoms with Gasteiger partial charge < -0.3 is 20.1 Å². The lowest BCUT2D eigenvalue weighted by Crippen LogP contribution is -2.33. The highest BCUT2D eigenvalue weighted by atomic mass is 16.5. The molecule has 5 heteroatoms. The average molecular weight is 446 g/mol. The molecular formula is C28H31NO4. The Balaban J connectivity index is 1.62. The molecule has 1 aromatic heterocycles. The number of ether oxygens (including phenoxy) is 1. The number of aromatic hydroxyl groups is 1. The normalized spacial score (nSPS) is 14.4. The number of allylic oxidation sites excluding steroid dienone is 1. The summed E-state index contributed by atoms with van der Waals surface area (Å²) in [6.45, 7) is 4.31. The third-order valence-corrected chi connectivity index (χ3v) is 5.50. The van der Waals surface area contributed by atoms with E-state index in [-0.39, 0.29) is 12.4 Å². The van der Waals surface area contributed by atoms with Crippen molar-refractivity contribution in [3.63, 3.8) is 0 Å². The molecule has 0 radical (unpaired) electrons. The minimum absolute atomic E-state index is 0.110. The Labute approximate surface area is 195 Å². The fourth-order valence-corrected chi connectivity index (χ4v) is 3.65. The molecule has 1 heterocycles. The summed E-state index contributed by atoms with van der Waals surface area (Å²) in [7, 11) is 0. The molecule has 0 spiro atoms. The van der Waals surface area contributed by atoms with Crippen LogP contribution < -0.4 is 0 Å². The number of phenolic OH excluding ortho intramolecular Hbond substituents is 1. The Morgan fingerprint density at radius 2 is 1.67 bits per heavy atom. The van der Waals surface area contributed by atoms with E-state index >= 15 is 0 Å². The molecule has 3 aromatic rings. The van der Waals surface area contributed by atoms with Crippen LogP contribution in [-0.4, -0.2) is 39.1 Å². The molecular weight excluding hydrogens is 414 g/mol. The van der Waals surface area contributed by atoms with Gasteiger partial charge in [-0.3, -0.25) is 4.98 Å². The van der Waals surface area contributed by atoms with Crippen molar-refractivity contribution in [1.82, 2.24) is 4.98 Å². The van der Waals surface area contributed by atoms with Gasteiger partial charge in [-0.1, -0.05) is 54.6 Å². The first-order valence-electron chi connectivity index (χ1n) is 11.1. The lowest BCUT2D eigenvalue weighted by molar-refractivity contribution is -0.0270. The number of phenols is 1. The number of hydrogen-bond donors (Lipinski definition) is 3. The minimum atomic E-state index is -0.861. The third-order valence-electron chi connectivity index (χ3n) is 5.50. The predicted molar refractivity (Wildman–Crippen MR) is 131 cm³/mol. The quantitative estimate of drug-likeness (QED) is 0.347. The van der Waals surface area contributed by atoms with E-state index in [0.29, 0.717) is 19.4 Å². The van der Waals surface area contributed by atoms with Gasteiger partial charge in [0.15, 0.2) is 0 Å². The van der Waals surface area contributed by atoms with Crippen LogP contribution in [-0.2, 0) is 11.3 Å². The Kier molecular flexibility index (Phi) is 9.39. The van der Waals surface area contributed by atoms with Gasteiger partial charge in [0.1, 0.15) is 5.75 Å². The molecule has 5 nitrogen and oxygen atoms in total. The summed E-state index contributed by atoms with van der Waals surface area (Å²) < 4.78 is 5.65. The standard InChI is InChI=1S/C28H31NO4/c1-2-25(28(32)20-33-19-22-8-4-3-5-9-22)27(31)16-13-23(26-10-6-7-17-29-26)18-21-11-14-24(30)15-12-21/h2-12,14-15,17-18,25,27-28,30-32H,1,13,16,19-20H2/b23-18-/t25-,27-,28-/m1/s1. The van der Waals surface area contributed by atoms with E-state index in [4.69, 9.17) is 4.74 Å². The number of aliphatic hydroxyl groups is 2. The monoisotopic (exact) mass is 445 g/mol. The van der Waals surface area contributed by atoms with Crippen LogP contribution in [0.2, 0.25) is 0 Å². The number of benzene rings is 2. The molecule has 0 saturated heterocycles. The second-order valence-electron chi connectivity index (χ2n) is 7.96. The maximum atomic E-state index is 10.8. The van der Waals surface area contributed by atoms with E-state index in [1.165, 1.54) is 0 Å². The lowest BCUT2D eigenvalue weighted by Gasteiger charge is -2.25. The van der Waals surface area contributed by atoms with Crippen LogP contribution in [0.15, 0.2) is 91.6 Å². The van der Waals surface area contributed by atoms with Gasteiger partial charge in [0, 0.05) is 12.1 Å². The van der Waals surface area contributed by atoms with E-state index < -0.39 is 18.1 Å². The fraction of sp³-hybridized carbons (Fsp3) is 0.250. The summed E-state index contributed by atoms with van der Waals surface area (Å²) in [5.41, 5.74) is 3.73. The largest absolute Gasteiger partial charge is 0.508 e. The molecule has 0 unspecified atom stereocenters. The fourth-order valence-electron chi connectivity index (χ4n) is 3.65. The summed E-state index contributed by atoms with van der Waals surface area (Å²) in [6.07, 6.45) is 4.65. The second kappa shape index (κ2) is 12.7. The number of pyridine rings is 1. The van der Waals surface area contributed by atoms with Crippen molar-refractivity contribution in [2.24, 2.45) is 5.92 Å². The maximum Gasteiger partial charge on any atom is 0.115 e. The average Bonchev–Trinajstić information content (AvgIpc) is 2.84. The van der Waals surface area contributed by atoms with Crippen LogP contribution in [0.5, 0.6) is 5.75 Å². The highest BCUT2D eigenvalue weighted by molar-refractivity contribution is 5.80. The van der Waals surface area contributed by atoms with Crippen molar-refractivity contribution in [1.29, 1.82) is 0 Å². The summed E-state index contributed by atoms with van der Waals surface area (Å²) in [5.74, 6) is -0.307. The van der Waals surface area contributed by atoms with Gasteiger partial charge in [-0.2, -0.15) is 0 Å². The molecule has 0 amide bonds. The topological polar surface area (TPSA) is 82.8 Å². The van der Waals surface area contributed by atoms with Crippen molar-refractivity contribution in [3.05, 3.63) is 108 Å². The van der Waals surface area contributed by atoms with Crippen LogP contribution >= 0.6 is 0 Å². The van der Waals surface area contributed by atoms with Crippen molar-refractivity contribution in [3.8, 4) is 5.75 Å². The molecule has 0 saturated carbocycles. The van der Waals surface area contributed by atoms with Gasteiger partial charge in [0.25, 0.3) is 0 Å². The number of hydrogen-bond acceptors (Lipinski definition) is 5. The summed E-state index contributed by atoms with van der Waals surface area (Å²) in [5, 5.41) is 31.0. The Morgan fingerprint density at radius 3 is 2.33 bits per heavy atom. The van der Waals surface area contributed by atoms with E-state index in [0.717, 1.165) is 22.4 Å². The molecule has 0 fully saturated rings. The van der Waals surface area contributed by atoms with Crippen molar-refractivity contribution in [2.45, 2.75) is 31.7 Å². The summed E-state index contributed by atoms with van der Waals surface area (Å²) in [6, 6.07) is 22.4. The van der Waals surface area contributed by atoms with Gasteiger partial charge in [-0.25, -0.2) is 0 Å². The molecule has 0 aliphatic rings. The first-order chi connectivity index (χ1) is 16.1. The van der Waals surface area contributed by atoms with Gasteiger partial charge in [0.2, 0.25) is 0 Å². The number of aromatic nitrogens is 1. The maximum absolute atomic E-state index is 10.8. The SMILES string of the molecule is C=C[C@H]([C@H](O)CC/C(=C/c1ccc(O)cc1)c1ccccn1)[C@H](O)COCc1ccccc1. The summed E-state index contributed by atoms with van der Waals surface area (Å²) >= 11 is 0. The zero-order chi connectivity index (χ0) is 23.5. The van der Waals surface area contributed by atoms with Gasteiger partial charge in [0.05, 0.1) is 31.1 Å². The highest BCUT2D eigenvalue weighted by Crippen LogP contribution is 2.26. The Morgan fingerprint density at radius 1 is 0.939 bits per heavy atom. The highest BCUT2D eigenvalue weighted by Gasteiger charge is 2.24. The molecule has 0 aliphatic carbocycles. The third kappa shape index (κ3) is 7.68. The molecule has 2 aromatic carbocycles. The van der Waals surface area contributed by atoms with Crippen molar-refractivity contribution in [2.75, 3.05) is 6.61 Å². The van der Waals surface area contributed by atoms with Crippen LogP contribution in [0.25, 0.3) is 11.6 Å². The molecule has 33 heavy (non-hydrogen) atoms. The first kappa shape index (κ1) is 24.4. The van der Waals surface area contributed by atoms with Crippen LogP contribution in [0.1, 0.15) is 29.7 Å². The predicted octanol–water partition coefficient (Wildman–Crippen LogP) is 4.85. The molecule has 3 rings (SSSR count). The molecule has 3 atom stereocenters. The zero-order valence-corrected chi connectivity index (χ0v) is 18.6. The summed E-state index contributed by atoms with van der Waals surface area (Å²) in [4.78, 5) is 4.45. The van der Waals surface area contributed by atoms with Crippen molar-refractivity contribution >= 4 is 11.6 Å². The van der Waals surface area contributed by atoms with Crippen LogP contribution in [0.3, 0.4) is 0 Å². The lowest BCUT2D eigenvalue weighted by atomic mass is 9.90. The molecule has 172 valence electrons. The Hall–Kier alpha value is -3.25. The van der Waals surface area contributed by atoms with E-state index in [9.17, 15) is 15.3 Å². The second-order valence-corrected chi connectivity index (χ2v) is 7.96. The minimum Gasteiger partial charge on any atom is -0.508 e. The first-order valence-corrected chi connectivity index (χ1v) is 11.1. The van der Waals surface area contributed by atoms with Crippen LogP contribution in [0.4, 0.5) is 0 Å². The smallest absolute Gasteiger partial charge is 0.115 e. The zero-order valence-electron chi connectivity index (χ0n) is 18.6. The number of aliphatic hydroxyl groups excluding tert-OH is 2. The molecule has 3 N–H and O–H groups in total. The molecule has 0 aliphatic heterocycles. The number of nitrogens with zero attached hydrogens (tertiary/aromatic N) is 1. The van der Waals surface area contributed by atoms with Gasteiger partial charge >= 0.3 is 0 Å². The van der Waals surface area contributed by atoms with Gasteiger partial charge in [-0.05, 0) is 59.9 Å². The van der Waals surface area contributed by atoms with Gasteiger partial charge in [-0.15, -0.1) is 6.58 Å². The van der Waals surface area contributed by atoms with Crippen molar-refractivity contribution < 1.29 is 20.1 Å². The Bertz CT molecular complexity index is 1000. The van der Waals surface area contributed by atoms with E-state index in [1.807, 2.05) is 66.7 Å². The van der Waals surface area contributed by atoms with E-state index in [1.54, 1.807) is 24.4 Å². The van der Waals surface area contributed by atoms with Crippen LogP contribution in [0, 0.1) is 5.92 Å². The number of rotatable bonds is 12. The van der Waals surface area contributed by atoms with E-state index in [2.05, 4.69) is 11.6 Å². The molecule has 0 bridgehead atoms.